The third-order valence-corrected chi connectivity index (χ3v) is 4.81. The molecule has 0 aliphatic heterocycles. The van der Waals surface area contributed by atoms with Crippen molar-refractivity contribution < 1.29 is 13.9 Å². The van der Waals surface area contributed by atoms with E-state index in [0.717, 1.165) is 6.42 Å². The molecule has 1 aromatic carbocycles. The van der Waals surface area contributed by atoms with E-state index in [9.17, 15) is 9.18 Å². The Kier molecular flexibility index (Phi) is 5.15. The third kappa shape index (κ3) is 3.72. The number of nitrogens with zero attached hydrogens (tertiary/aromatic N) is 2. The highest BCUT2D eigenvalue weighted by molar-refractivity contribution is 7.20. The van der Waals surface area contributed by atoms with Gasteiger partial charge in [-0.1, -0.05) is 13.0 Å². The molecule has 0 unspecified atom stereocenters. The average molecular weight is 380 g/mol. The van der Waals surface area contributed by atoms with E-state index in [1.807, 2.05) is 6.92 Å². The lowest BCUT2D eigenvalue weighted by Crippen LogP contribution is -2.05. The molecule has 25 heavy (non-hydrogen) atoms. The maximum absolute atomic E-state index is 13.4. The van der Waals surface area contributed by atoms with E-state index in [0.29, 0.717) is 38.8 Å². The lowest BCUT2D eigenvalue weighted by atomic mass is 10.2. The van der Waals surface area contributed by atoms with Crippen LogP contribution in [0.25, 0.3) is 10.2 Å². The number of halogens is 2. The summed E-state index contributed by atoms with van der Waals surface area (Å²) in [6.45, 7) is 4.08. The molecular formula is C17H15ClFN3O2S. The van der Waals surface area contributed by atoms with Gasteiger partial charge in [0.15, 0.2) is 0 Å². The molecule has 0 radical (unpaired) electrons. The molecule has 0 aliphatic carbocycles. The predicted molar refractivity (Wildman–Crippen MR) is 97.4 cm³/mol. The van der Waals surface area contributed by atoms with Crippen LogP contribution >= 0.6 is 22.9 Å². The number of ether oxygens (including phenoxy) is 1. The van der Waals surface area contributed by atoms with Gasteiger partial charge < -0.3 is 10.1 Å². The summed E-state index contributed by atoms with van der Waals surface area (Å²) in [7, 11) is 0. The second-order valence-corrected chi connectivity index (χ2v) is 6.69. The molecule has 130 valence electrons. The van der Waals surface area contributed by atoms with Gasteiger partial charge in [0.05, 0.1) is 12.0 Å². The number of carbonyl (C=O) groups is 1. The van der Waals surface area contributed by atoms with E-state index in [1.54, 1.807) is 19.1 Å². The summed E-state index contributed by atoms with van der Waals surface area (Å²) in [5.41, 5.74) is 1.23. The SMILES string of the molecule is CCCOC(=O)c1sc2nc(Cl)nc(Nc3cccc(F)c3)c2c1C. The highest BCUT2D eigenvalue weighted by atomic mass is 35.5. The molecule has 0 atom stereocenters. The fourth-order valence-electron chi connectivity index (χ4n) is 2.36. The zero-order valence-corrected chi connectivity index (χ0v) is 15.2. The highest BCUT2D eigenvalue weighted by Gasteiger charge is 2.21. The first-order valence-electron chi connectivity index (χ1n) is 7.66. The number of anilines is 2. The van der Waals surface area contributed by atoms with Crippen LogP contribution in [0, 0.1) is 12.7 Å². The zero-order valence-electron chi connectivity index (χ0n) is 13.6. The van der Waals surface area contributed by atoms with Gasteiger partial charge in [0.1, 0.15) is 21.3 Å². The lowest BCUT2D eigenvalue weighted by molar-refractivity contribution is 0.0510. The summed E-state index contributed by atoms with van der Waals surface area (Å²) in [5, 5.41) is 3.76. The van der Waals surface area contributed by atoms with Gasteiger partial charge in [0, 0.05) is 5.69 Å². The van der Waals surface area contributed by atoms with E-state index in [2.05, 4.69) is 15.3 Å². The minimum atomic E-state index is -0.393. The number of rotatable bonds is 5. The number of aryl methyl sites for hydroxylation is 1. The van der Waals surface area contributed by atoms with E-state index in [4.69, 9.17) is 16.3 Å². The molecule has 2 heterocycles. The molecular weight excluding hydrogens is 365 g/mol. The van der Waals surface area contributed by atoms with Crippen LogP contribution in [0.1, 0.15) is 28.6 Å². The fraction of sp³-hybridized carbons (Fsp3) is 0.235. The van der Waals surface area contributed by atoms with Gasteiger partial charge in [0.2, 0.25) is 5.28 Å². The highest BCUT2D eigenvalue weighted by Crippen LogP contribution is 2.36. The van der Waals surface area contributed by atoms with Crippen LogP contribution in [0.2, 0.25) is 5.28 Å². The van der Waals surface area contributed by atoms with Crippen molar-refractivity contribution in [3.8, 4) is 0 Å². The molecule has 0 amide bonds. The molecule has 0 aliphatic rings. The van der Waals surface area contributed by atoms with E-state index in [1.165, 1.54) is 23.5 Å². The summed E-state index contributed by atoms with van der Waals surface area (Å²) >= 11 is 7.20. The second kappa shape index (κ2) is 7.33. The minimum Gasteiger partial charge on any atom is -0.462 e. The van der Waals surface area contributed by atoms with Crippen LogP contribution in [0.3, 0.4) is 0 Å². The smallest absolute Gasteiger partial charge is 0.348 e. The Hall–Kier alpha value is -2.25. The number of hydrogen-bond acceptors (Lipinski definition) is 6. The first-order valence-corrected chi connectivity index (χ1v) is 8.85. The third-order valence-electron chi connectivity index (χ3n) is 3.47. The fourth-order valence-corrected chi connectivity index (χ4v) is 3.66. The largest absolute Gasteiger partial charge is 0.462 e. The van der Waals surface area contributed by atoms with Gasteiger partial charge in [0.25, 0.3) is 0 Å². The first kappa shape index (κ1) is 17.6. The van der Waals surface area contributed by atoms with Crippen molar-refractivity contribution >= 4 is 50.6 Å². The minimum absolute atomic E-state index is 0.0427. The van der Waals surface area contributed by atoms with Crippen molar-refractivity contribution in [2.45, 2.75) is 20.3 Å². The van der Waals surface area contributed by atoms with Crippen LogP contribution in [0.5, 0.6) is 0 Å². The predicted octanol–water partition coefficient (Wildman–Crippen LogP) is 5.10. The van der Waals surface area contributed by atoms with Crippen LogP contribution in [-0.4, -0.2) is 22.5 Å². The van der Waals surface area contributed by atoms with Crippen molar-refractivity contribution in [1.29, 1.82) is 0 Å². The number of esters is 1. The Morgan fingerprint density at radius 1 is 1.40 bits per heavy atom. The Morgan fingerprint density at radius 3 is 2.92 bits per heavy atom. The van der Waals surface area contributed by atoms with Crippen LogP contribution in [0.4, 0.5) is 15.9 Å². The topological polar surface area (TPSA) is 64.1 Å². The summed E-state index contributed by atoms with van der Waals surface area (Å²) < 4.78 is 18.6. The number of hydrogen-bond donors (Lipinski definition) is 1. The van der Waals surface area contributed by atoms with Gasteiger partial charge in [-0.2, -0.15) is 4.98 Å². The van der Waals surface area contributed by atoms with E-state index < -0.39 is 5.97 Å². The summed E-state index contributed by atoms with van der Waals surface area (Å²) in [4.78, 5) is 21.6. The Balaban J connectivity index is 2.06. The van der Waals surface area contributed by atoms with Gasteiger partial charge in [-0.15, -0.1) is 11.3 Å². The average Bonchev–Trinajstić information content (AvgIpc) is 2.89. The number of aromatic nitrogens is 2. The summed E-state index contributed by atoms with van der Waals surface area (Å²) in [6.07, 6.45) is 0.744. The number of thiophene rings is 1. The van der Waals surface area contributed by atoms with E-state index >= 15 is 0 Å². The van der Waals surface area contributed by atoms with Crippen LogP contribution in [0.15, 0.2) is 24.3 Å². The Bertz CT molecular complexity index is 945. The molecule has 2 aromatic heterocycles. The molecule has 1 N–H and O–H groups in total. The normalized spacial score (nSPS) is 10.9. The molecule has 0 saturated carbocycles. The maximum atomic E-state index is 13.4. The Labute approximate surface area is 152 Å². The maximum Gasteiger partial charge on any atom is 0.348 e. The van der Waals surface area contributed by atoms with Gasteiger partial charge in [-0.3, -0.25) is 0 Å². The molecule has 0 fully saturated rings. The molecule has 0 spiro atoms. The first-order chi connectivity index (χ1) is 12.0. The van der Waals surface area contributed by atoms with Crippen molar-refractivity contribution in [2.75, 3.05) is 11.9 Å². The number of fused-ring (bicyclic) bond motifs is 1. The van der Waals surface area contributed by atoms with Crippen LogP contribution < -0.4 is 5.32 Å². The quantitative estimate of drug-likeness (QED) is 0.493. The summed E-state index contributed by atoms with van der Waals surface area (Å²) in [5.74, 6) is -0.341. The lowest BCUT2D eigenvalue weighted by Gasteiger charge is -2.08. The van der Waals surface area contributed by atoms with Gasteiger partial charge in [-0.25, -0.2) is 14.2 Å². The summed E-state index contributed by atoms with van der Waals surface area (Å²) in [6, 6.07) is 6.00. The van der Waals surface area contributed by atoms with E-state index in [-0.39, 0.29) is 11.1 Å². The van der Waals surface area contributed by atoms with Crippen molar-refractivity contribution in [2.24, 2.45) is 0 Å². The van der Waals surface area contributed by atoms with Crippen LogP contribution in [-0.2, 0) is 4.74 Å². The molecule has 0 bridgehead atoms. The molecule has 5 nitrogen and oxygen atoms in total. The molecule has 8 heteroatoms. The zero-order chi connectivity index (χ0) is 18.0. The number of benzene rings is 1. The van der Waals surface area contributed by atoms with Crippen molar-refractivity contribution in [3.63, 3.8) is 0 Å². The molecule has 0 saturated heterocycles. The van der Waals surface area contributed by atoms with Crippen molar-refractivity contribution in [3.05, 3.63) is 45.8 Å². The number of carbonyl (C=O) groups excluding carboxylic acids is 1. The molecule has 3 aromatic rings. The second-order valence-electron chi connectivity index (χ2n) is 5.35. The number of nitrogens with one attached hydrogen (secondary N) is 1. The Morgan fingerprint density at radius 2 is 2.20 bits per heavy atom. The standard InChI is InChI=1S/C17H15ClFN3O2S/c1-3-7-24-16(23)13-9(2)12-14(21-17(18)22-15(12)25-13)20-11-6-4-5-10(19)8-11/h4-6,8H,3,7H2,1-2H3,(H,20,21,22). The van der Waals surface area contributed by atoms with Crippen molar-refractivity contribution in [1.82, 2.24) is 9.97 Å². The molecule has 3 rings (SSSR count). The monoisotopic (exact) mass is 379 g/mol. The van der Waals surface area contributed by atoms with Gasteiger partial charge in [-0.05, 0) is 48.7 Å². The van der Waals surface area contributed by atoms with Gasteiger partial charge >= 0.3 is 5.97 Å².